The molecule has 2 aromatic rings. The maximum Gasteiger partial charge on any atom is 0.119 e. The molecule has 0 aromatic heterocycles. The molecule has 3 rings (SSSR count). The second kappa shape index (κ2) is 6.11. The van der Waals surface area contributed by atoms with Crippen LogP contribution < -0.4 is 4.74 Å². The third-order valence-corrected chi connectivity index (χ3v) is 4.61. The quantitative estimate of drug-likeness (QED) is 0.713. The number of hydrogen-bond acceptors (Lipinski definition) is 1. The molecule has 1 nitrogen and oxygen atoms in total. The lowest BCUT2D eigenvalue weighted by Gasteiger charge is -2.09. The zero-order valence-electron chi connectivity index (χ0n) is 12.6. The summed E-state index contributed by atoms with van der Waals surface area (Å²) in [5.41, 5.74) is 3.92. The SMILES string of the molecule is CCOc1ccc(Cc2cc(C3CC3C)ccc2Cl)cc1. The standard InChI is InChI=1S/C19H21ClO/c1-3-21-17-7-4-14(5-8-17)11-16-12-15(6-9-19(16)20)18-10-13(18)2/h4-9,12-13,18H,3,10-11H2,1-2H3. The van der Waals surface area contributed by atoms with Crippen LogP contribution in [0.1, 0.15) is 42.9 Å². The molecule has 1 fully saturated rings. The van der Waals surface area contributed by atoms with Gasteiger partial charge in [-0.2, -0.15) is 0 Å². The average molecular weight is 301 g/mol. The van der Waals surface area contributed by atoms with Gasteiger partial charge in [-0.15, -0.1) is 0 Å². The number of rotatable bonds is 5. The number of benzene rings is 2. The van der Waals surface area contributed by atoms with E-state index >= 15 is 0 Å². The summed E-state index contributed by atoms with van der Waals surface area (Å²) in [6, 6.07) is 14.8. The van der Waals surface area contributed by atoms with Gasteiger partial charge in [0.15, 0.2) is 0 Å². The molecule has 0 radical (unpaired) electrons. The van der Waals surface area contributed by atoms with Crippen molar-refractivity contribution in [1.29, 1.82) is 0 Å². The highest BCUT2D eigenvalue weighted by atomic mass is 35.5. The Hall–Kier alpha value is -1.47. The van der Waals surface area contributed by atoms with Gasteiger partial charge in [-0.1, -0.05) is 42.8 Å². The van der Waals surface area contributed by atoms with E-state index in [1.807, 2.05) is 25.1 Å². The molecule has 0 heterocycles. The van der Waals surface area contributed by atoms with Gasteiger partial charge in [0.25, 0.3) is 0 Å². The molecule has 0 aliphatic heterocycles. The molecule has 2 aromatic carbocycles. The van der Waals surface area contributed by atoms with Crippen LogP contribution in [0.5, 0.6) is 5.75 Å². The molecule has 21 heavy (non-hydrogen) atoms. The zero-order chi connectivity index (χ0) is 14.8. The number of hydrogen-bond donors (Lipinski definition) is 0. The van der Waals surface area contributed by atoms with E-state index in [9.17, 15) is 0 Å². The maximum absolute atomic E-state index is 6.36. The molecule has 1 aliphatic carbocycles. The third-order valence-electron chi connectivity index (χ3n) is 4.24. The Morgan fingerprint density at radius 1 is 1.14 bits per heavy atom. The number of ether oxygens (including phenoxy) is 1. The molecule has 0 bridgehead atoms. The molecule has 0 spiro atoms. The van der Waals surface area contributed by atoms with Crippen molar-refractivity contribution in [3.8, 4) is 5.75 Å². The molecule has 110 valence electrons. The van der Waals surface area contributed by atoms with E-state index < -0.39 is 0 Å². The zero-order valence-corrected chi connectivity index (χ0v) is 13.4. The number of halogens is 1. The van der Waals surface area contributed by atoms with Crippen molar-refractivity contribution in [3.05, 3.63) is 64.2 Å². The monoisotopic (exact) mass is 300 g/mol. The summed E-state index contributed by atoms with van der Waals surface area (Å²) in [7, 11) is 0. The van der Waals surface area contributed by atoms with Crippen molar-refractivity contribution < 1.29 is 4.74 Å². The van der Waals surface area contributed by atoms with Crippen LogP contribution in [0.15, 0.2) is 42.5 Å². The van der Waals surface area contributed by atoms with Crippen LogP contribution in [0.3, 0.4) is 0 Å². The Bertz CT molecular complexity index is 618. The summed E-state index contributed by atoms with van der Waals surface area (Å²) in [4.78, 5) is 0. The lowest BCUT2D eigenvalue weighted by Crippen LogP contribution is -1.94. The van der Waals surface area contributed by atoms with E-state index in [2.05, 4.69) is 31.2 Å². The van der Waals surface area contributed by atoms with E-state index in [0.717, 1.165) is 29.0 Å². The van der Waals surface area contributed by atoms with Crippen molar-refractivity contribution in [2.75, 3.05) is 6.61 Å². The van der Waals surface area contributed by atoms with Crippen LogP contribution in [0, 0.1) is 5.92 Å². The van der Waals surface area contributed by atoms with Crippen molar-refractivity contribution in [1.82, 2.24) is 0 Å². The van der Waals surface area contributed by atoms with E-state index in [-0.39, 0.29) is 0 Å². The van der Waals surface area contributed by atoms with Crippen LogP contribution >= 0.6 is 11.6 Å². The Balaban J connectivity index is 1.77. The molecule has 2 atom stereocenters. The first kappa shape index (κ1) is 14.5. The van der Waals surface area contributed by atoms with Crippen LogP contribution in [-0.2, 0) is 6.42 Å². The fraction of sp³-hybridized carbons (Fsp3) is 0.368. The largest absolute Gasteiger partial charge is 0.494 e. The van der Waals surface area contributed by atoms with Gasteiger partial charge in [0.2, 0.25) is 0 Å². The van der Waals surface area contributed by atoms with Crippen LogP contribution in [0.25, 0.3) is 0 Å². The van der Waals surface area contributed by atoms with Gasteiger partial charge in [-0.3, -0.25) is 0 Å². The molecule has 1 saturated carbocycles. The molecule has 2 unspecified atom stereocenters. The third kappa shape index (κ3) is 3.41. The van der Waals surface area contributed by atoms with Crippen LogP contribution in [0.2, 0.25) is 5.02 Å². The minimum absolute atomic E-state index is 0.701. The van der Waals surface area contributed by atoms with Gasteiger partial charge in [-0.05, 0) is 66.5 Å². The van der Waals surface area contributed by atoms with Crippen molar-refractivity contribution in [3.63, 3.8) is 0 Å². The normalized spacial score (nSPS) is 20.3. The van der Waals surface area contributed by atoms with Gasteiger partial charge >= 0.3 is 0 Å². The summed E-state index contributed by atoms with van der Waals surface area (Å²) in [5, 5.41) is 0.862. The second-order valence-electron chi connectivity index (χ2n) is 5.92. The fourth-order valence-corrected chi connectivity index (χ4v) is 3.02. The molecule has 0 N–H and O–H groups in total. The molecule has 1 aliphatic rings. The van der Waals surface area contributed by atoms with Gasteiger partial charge < -0.3 is 4.74 Å². The Morgan fingerprint density at radius 3 is 2.48 bits per heavy atom. The maximum atomic E-state index is 6.36. The van der Waals surface area contributed by atoms with E-state index in [4.69, 9.17) is 16.3 Å². The topological polar surface area (TPSA) is 9.23 Å². The Labute approximate surface area is 131 Å². The second-order valence-corrected chi connectivity index (χ2v) is 6.33. The van der Waals surface area contributed by atoms with Gasteiger partial charge in [-0.25, -0.2) is 0 Å². The lowest BCUT2D eigenvalue weighted by molar-refractivity contribution is 0.340. The summed E-state index contributed by atoms with van der Waals surface area (Å²) in [6.07, 6.45) is 2.18. The van der Waals surface area contributed by atoms with Crippen LogP contribution in [-0.4, -0.2) is 6.61 Å². The summed E-state index contributed by atoms with van der Waals surface area (Å²) >= 11 is 6.36. The predicted molar refractivity (Wildman–Crippen MR) is 88.4 cm³/mol. The highest BCUT2D eigenvalue weighted by molar-refractivity contribution is 6.31. The fourth-order valence-electron chi connectivity index (χ4n) is 2.84. The Kier molecular flexibility index (Phi) is 4.21. The van der Waals surface area contributed by atoms with Crippen molar-refractivity contribution in [2.24, 2.45) is 5.92 Å². The van der Waals surface area contributed by atoms with Gasteiger partial charge in [0.05, 0.1) is 6.61 Å². The molecule has 0 saturated heterocycles. The highest BCUT2D eigenvalue weighted by Gasteiger charge is 2.34. The van der Waals surface area contributed by atoms with Gasteiger partial charge in [0, 0.05) is 5.02 Å². The molecule has 2 heteroatoms. The van der Waals surface area contributed by atoms with E-state index in [1.54, 1.807) is 0 Å². The Morgan fingerprint density at radius 2 is 1.86 bits per heavy atom. The minimum atomic E-state index is 0.701. The van der Waals surface area contributed by atoms with Crippen molar-refractivity contribution in [2.45, 2.75) is 32.6 Å². The smallest absolute Gasteiger partial charge is 0.119 e. The highest BCUT2D eigenvalue weighted by Crippen LogP contribution is 2.47. The first-order valence-electron chi connectivity index (χ1n) is 7.67. The first-order chi connectivity index (χ1) is 10.2. The first-order valence-corrected chi connectivity index (χ1v) is 8.05. The van der Waals surface area contributed by atoms with Crippen LogP contribution in [0.4, 0.5) is 0 Å². The summed E-state index contributed by atoms with van der Waals surface area (Å²) in [6.45, 7) is 5.01. The molecular weight excluding hydrogens is 280 g/mol. The lowest BCUT2D eigenvalue weighted by atomic mass is 10.0. The van der Waals surface area contributed by atoms with E-state index in [1.165, 1.54) is 23.1 Å². The predicted octanol–water partition coefficient (Wildman–Crippen LogP) is 5.45. The van der Waals surface area contributed by atoms with Gasteiger partial charge in [0.1, 0.15) is 5.75 Å². The summed E-state index contributed by atoms with van der Waals surface area (Å²) in [5.74, 6) is 2.48. The van der Waals surface area contributed by atoms with Crippen molar-refractivity contribution >= 4 is 11.6 Å². The molecular formula is C19H21ClO. The molecule has 0 amide bonds. The minimum Gasteiger partial charge on any atom is -0.494 e. The summed E-state index contributed by atoms with van der Waals surface area (Å²) < 4.78 is 5.48. The van der Waals surface area contributed by atoms with E-state index in [0.29, 0.717) is 6.61 Å². The average Bonchev–Trinajstić information content (AvgIpc) is 3.21.